The van der Waals surface area contributed by atoms with Gasteiger partial charge in [-0.05, 0) is 47.6 Å². The molecule has 4 nitrogen and oxygen atoms in total. The van der Waals surface area contributed by atoms with Crippen LogP contribution in [0.5, 0.6) is 5.75 Å². The van der Waals surface area contributed by atoms with E-state index in [1.807, 2.05) is 41.3 Å². The Kier molecular flexibility index (Phi) is 3.31. The molecule has 1 fully saturated rings. The summed E-state index contributed by atoms with van der Waals surface area (Å²) in [5, 5.41) is 0.583. The lowest BCUT2D eigenvalue weighted by molar-refractivity contribution is -0.119. The maximum absolute atomic E-state index is 12.9. The van der Waals surface area contributed by atoms with E-state index in [4.69, 9.17) is 17.0 Å². The Morgan fingerprint density at radius 3 is 2.48 bits per heavy atom. The lowest BCUT2D eigenvalue weighted by Gasteiger charge is -2.30. The predicted molar refractivity (Wildman–Crippen MR) is 92.6 cm³/mol. The summed E-state index contributed by atoms with van der Waals surface area (Å²) in [7, 11) is 1.62. The van der Waals surface area contributed by atoms with Gasteiger partial charge in [0.15, 0.2) is 5.11 Å². The molecule has 0 unspecified atom stereocenters. The Bertz CT molecular complexity index is 745. The van der Waals surface area contributed by atoms with Crippen molar-refractivity contribution in [3.63, 3.8) is 0 Å². The van der Waals surface area contributed by atoms with Gasteiger partial charge in [0.05, 0.1) is 12.8 Å². The maximum Gasteiger partial charge on any atom is 0.256 e. The summed E-state index contributed by atoms with van der Waals surface area (Å²) < 4.78 is 5.18. The van der Waals surface area contributed by atoms with E-state index in [0.717, 1.165) is 11.4 Å². The summed E-state index contributed by atoms with van der Waals surface area (Å²) in [6.07, 6.45) is 0.710. The van der Waals surface area contributed by atoms with Crippen LogP contribution in [0.25, 0.3) is 0 Å². The zero-order chi connectivity index (χ0) is 16.0. The smallest absolute Gasteiger partial charge is 0.256 e. The average Bonchev–Trinajstić information content (AvgIpc) is 2.84. The second-order valence-electron chi connectivity index (χ2n) is 5.77. The molecule has 0 aromatic heterocycles. The normalized spacial score (nSPS) is 19.6. The van der Waals surface area contributed by atoms with E-state index in [0.29, 0.717) is 18.1 Å². The largest absolute Gasteiger partial charge is 0.497 e. The number of ether oxygens (including phenoxy) is 1. The first-order chi connectivity index (χ1) is 11.2. The number of amides is 1. The van der Waals surface area contributed by atoms with Crippen molar-refractivity contribution in [3.8, 4) is 5.75 Å². The predicted octanol–water partition coefficient (Wildman–Crippen LogP) is 2.75. The third-order valence-corrected chi connectivity index (χ3v) is 4.94. The molecule has 2 heterocycles. The quantitative estimate of drug-likeness (QED) is 0.795. The van der Waals surface area contributed by atoms with Crippen LogP contribution in [0.4, 0.5) is 5.69 Å². The molecular formula is C18H16N2O2S. The molecule has 1 saturated heterocycles. The fourth-order valence-electron chi connectivity index (χ4n) is 3.29. The number of anilines is 1. The van der Waals surface area contributed by atoms with E-state index >= 15 is 0 Å². The number of benzene rings is 2. The molecule has 2 aromatic rings. The lowest BCUT2D eigenvalue weighted by atomic mass is 9.95. The van der Waals surface area contributed by atoms with Gasteiger partial charge >= 0.3 is 0 Å². The summed E-state index contributed by atoms with van der Waals surface area (Å²) in [4.78, 5) is 16.6. The molecule has 0 bridgehead atoms. The van der Waals surface area contributed by atoms with Gasteiger partial charge in [-0.25, -0.2) is 0 Å². The van der Waals surface area contributed by atoms with Crippen molar-refractivity contribution in [2.75, 3.05) is 12.0 Å². The van der Waals surface area contributed by atoms with Crippen molar-refractivity contribution in [2.24, 2.45) is 0 Å². The zero-order valence-corrected chi connectivity index (χ0v) is 13.5. The SMILES string of the molecule is COc1ccc(N2C(=O)[C@H]3Cc4ccccc4CN3C2=S)cc1. The second kappa shape index (κ2) is 5.35. The van der Waals surface area contributed by atoms with E-state index in [9.17, 15) is 4.79 Å². The first-order valence-electron chi connectivity index (χ1n) is 7.54. The van der Waals surface area contributed by atoms with Crippen LogP contribution < -0.4 is 9.64 Å². The van der Waals surface area contributed by atoms with Crippen molar-refractivity contribution < 1.29 is 9.53 Å². The number of rotatable bonds is 2. The van der Waals surface area contributed by atoms with Gasteiger partial charge in [0, 0.05) is 13.0 Å². The van der Waals surface area contributed by atoms with Crippen LogP contribution in [0.15, 0.2) is 48.5 Å². The zero-order valence-electron chi connectivity index (χ0n) is 12.7. The summed E-state index contributed by atoms with van der Waals surface area (Å²) in [5.41, 5.74) is 3.27. The van der Waals surface area contributed by atoms with E-state index in [2.05, 4.69) is 12.1 Å². The molecule has 0 saturated carbocycles. The summed E-state index contributed by atoms with van der Waals surface area (Å²) in [5.74, 6) is 0.811. The van der Waals surface area contributed by atoms with Gasteiger partial charge in [-0.3, -0.25) is 9.69 Å². The van der Waals surface area contributed by atoms with Crippen molar-refractivity contribution in [1.29, 1.82) is 0 Å². The van der Waals surface area contributed by atoms with Crippen molar-refractivity contribution in [3.05, 3.63) is 59.7 Å². The molecule has 0 N–H and O–H groups in total. The molecule has 4 rings (SSSR count). The molecule has 0 aliphatic carbocycles. The molecule has 23 heavy (non-hydrogen) atoms. The van der Waals surface area contributed by atoms with Gasteiger partial charge in [0.25, 0.3) is 5.91 Å². The highest BCUT2D eigenvalue weighted by Gasteiger charge is 2.45. The molecule has 0 spiro atoms. The third-order valence-electron chi connectivity index (χ3n) is 4.52. The monoisotopic (exact) mass is 324 g/mol. The molecule has 5 heteroatoms. The van der Waals surface area contributed by atoms with Crippen LogP contribution in [0.2, 0.25) is 0 Å². The van der Waals surface area contributed by atoms with E-state index in [1.165, 1.54) is 11.1 Å². The number of carbonyl (C=O) groups excluding carboxylic acids is 1. The van der Waals surface area contributed by atoms with E-state index < -0.39 is 0 Å². The number of methoxy groups -OCH3 is 1. The summed E-state index contributed by atoms with van der Waals surface area (Å²) in [6.45, 7) is 0.693. The molecule has 0 radical (unpaired) electrons. The highest BCUT2D eigenvalue weighted by molar-refractivity contribution is 7.80. The number of nitrogens with zero attached hydrogens (tertiary/aromatic N) is 2. The molecule has 1 amide bonds. The van der Waals surface area contributed by atoms with E-state index in [-0.39, 0.29) is 11.9 Å². The molecule has 2 aliphatic heterocycles. The number of fused-ring (bicyclic) bond motifs is 2. The van der Waals surface area contributed by atoms with Gasteiger partial charge in [0.2, 0.25) is 0 Å². The first-order valence-corrected chi connectivity index (χ1v) is 7.95. The van der Waals surface area contributed by atoms with Crippen LogP contribution in [0, 0.1) is 0 Å². The summed E-state index contributed by atoms with van der Waals surface area (Å²) >= 11 is 5.59. The van der Waals surface area contributed by atoms with Gasteiger partial charge in [-0.15, -0.1) is 0 Å². The number of hydrogen-bond donors (Lipinski definition) is 0. The Labute approximate surface area is 140 Å². The number of carbonyl (C=O) groups is 1. The molecular weight excluding hydrogens is 308 g/mol. The van der Waals surface area contributed by atoms with Gasteiger partial charge < -0.3 is 9.64 Å². The molecule has 116 valence electrons. The van der Waals surface area contributed by atoms with Crippen LogP contribution in [0.3, 0.4) is 0 Å². The van der Waals surface area contributed by atoms with Crippen LogP contribution >= 0.6 is 12.2 Å². The third kappa shape index (κ3) is 2.19. The van der Waals surface area contributed by atoms with Crippen molar-refractivity contribution >= 4 is 28.9 Å². The van der Waals surface area contributed by atoms with Gasteiger partial charge in [0.1, 0.15) is 11.8 Å². The van der Waals surface area contributed by atoms with E-state index in [1.54, 1.807) is 12.0 Å². The van der Waals surface area contributed by atoms with Crippen molar-refractivity contribution in [1.82, 2.24) is 4.90 Å². The number of hydrogen-bond acceptors (Lipinski definition) is 3. The van der Waals surface area contributed by atoms with Gasteiger partial charge in [-0.1, -0.05) is 24.3 Å². The summed E-state index contributed by atoms with van der Waals surface area (Å²) in [6, 6.07) is 15.5. The minimum absolute atomic E-state index is 0.0506. The molecule has 1 atom stereocenters. The average molecular weight is 324 g/mol. The van der Waals surface area contributed by atoms with Crippen LogP contribution in [-0.2, 0) is 17.8 Å². The fourth-order valence-corrected chi connectivity index (χ4v) is 3.67. The Balaban J connectivity index is 1.68. The Morgan fingerprint density at radius 2 is 1.78 bits per heavy atom. The van der Waals surface area contributed by atoms with Crippen LogP contribution in [0.1, 0.15) is 11.1 Å². The molecule has 2 aromatic carbocycles. The van der Waals surface area contributed by atoms with Crippen LogP contribution in [-0.4, -0.2) is 29.1 Å². The van der Waals surface area contributed by atoms with Gasteiger partial charge in [-0.2, -0.15) is 0 Å². The standard InChI is InChI=1S/C18H16N2O2S/c1-22-15-8-6-14(7-9-15)20-17(21)16-10-12-4-2-3-5-13(12)11-19(16)18(20)23/h2-9,16H,10-11H2,1H3/t16-/m1/s1. The second-order valence-corrected chi connectivity index (χ2v) is 6.14. The highest BCUT2D eigenvalue weighted by atomic mass is 32.1. The topological polar surface area (TPSA) is 32.8 Å². The lowest BCUT2D eigenvalue weighted by Crippen LogP contribution is -2.39. The minimum atomic E-state index is -0.195. The number of thiocarbonyl (C=S) groups is 1. The minimum Gasteiger partial charge on any atom is -0.497 e. The Hall–Kier alpha value is -2.40. The fraction of sp³-hybridized carbons (Fsp3) is 0.222. The Morgan fingerprint density at radius 1 is 1.09 bits per heavy atom. The van der Waals surface area contributed by atoms with Crippen molar-refractivity contribution in [2.45, 2.75) is 19.0 Å². The highest BCUT2D eigenvalue weighted by Crippen LogP contribution is 2.33. The molecule has 2 aliphatic rings. The first kappa shape index (κ1) is 14.2. The maximum atomic E-state index is 12.9.